The van der Waals surface area contributed by atoms with Gasteiger partial charge in [-0.05, 0) is 30.1 Å². The van der Waals surface area contributed by atoms with Gasteiger partial charge < -0.3 is 20.6 Å². The van der Waals surface area contributed by atoms with E-state index in [9.17, 15) is 4.39 Å². The minimum Gasteiger partial charge on any atom is -0.480 e. The second kappa shape index (κ2) is 8.97. The van der Waals surface area contributed by atoms with E-state index in [0.717, 1.165) is 18.2 Å². The summed E-state index contributed by atoms with van der Waals surface area (Å²) in [6, 6.07) is 6.45. The number of rotatable bonds is 5. The molecule has 1 aromatic heterocycles. The molecule has 0 saturated carbocycles. The largest absolute Gasteiger partial charge is 0.480 e. The Balaban J connectivity index is 2.23. The molecule has 2 rings (SSSR count). The third kappa shape index (κ3) is 4.89. The van der Waals surface area contributed by atoms with Crippen LogP contribution in [0.25, 0.3) is 0 Å². The Morgan fingerprint density at radius 3 is 3.00 bits per heavy atom. The molecule has 0 aliphatic heterocycles. The minimum absolute atomic E-state index is 0.183. The first kappa shape index (κ1) is 18.6. The summed E-state index contributed by atoms with van der Waals surface area (Å²) in [4.78, 5) is 4.66. The van der Waals surface area contributed by atoms with Gasteiger partial charge in [0.2, 0.25) is 5.88 Å². The summed E-state index contributed by atoms with van der Waals surface area (Å²) in [7, 11) is 1.49. The average molecular weight is 377 g/mol. The Kier molecular flexibility index (Phi) is 6.69. The third-order valence-electron chi connectivity index (χ3n) is 2.92. The lowest BCUT2D eigenvalue weighted by molar-refractivity contribution is 0.387. The van der Waals surface area contributed by atoms with Crippen LogP contribution in [-0.2, 0) is 0 Å². The molecule has 0 aliphatic carbocycles. The Bertz CT molecular complexity index is 877. The van der Waals surface area contributed by atoms with Crippen molar-refractivity contribution in [1.29, 1.82) is 5.41 Å². The molecule has 0 unspecified atom stereocenters. The summed E-state index contributed by atoms with van der Waals surface area (Å²) < 4.78 is 22.6. The van der Waals surface area contributed by atoms with Gasteiger partial charge in [0.1, 0.15) is 0 Å². The Hall–Kier alpha value is -2.69. The lowest BCUT2D eigenvalue weighted by Crippen LogP contribution is -1.96. The quantitative estimate of drug-likeness (QED) is 0.419. The highest BCUT2D eigenvalue weighted by atomic mass is 35.5. The molecule has 0 saturated heterocycles. The molecule has 0 bridgehead atoms. The SMILES string of the molecule is COc1ncc(Cl)cc1SNc1cccc(C#C/C(C=N)=C/N)c1F. The van der Waals surface area contributed by atoms with Gasteiger partial charge in [-0.3, -0.25) is 0 Å². The number of anilines is 1. The van der Waals surface area contributed by atoms with E-state index in [1.54, 1.807) is 18.2 Å². The van der Waals surface area contributed by atoms with Crippen LogP contribution in [0.3, 0.4) is 0 Å². The standard InChI is InChI=1S/C17H14ClFN4OS/c1-24-17-15(7-13(18)10-22-17)25-23-14-4-2-3-12(16(14)19)6-5-11(8-20)9-21/h2-4,7-10,20,23H,21H2,1H3/b11-9-,20-8?. The maximum absolute atomic E-state index is 14.5. The van der Waals surface area contributed by atoms with E-state index in [0.29, 0.717) is 21.4 Å². The van der Waals surface area contributed by atoms with E-state index in [1.165, 1.54) is 25.6 Å². The number of allylic oxidation sites excluding steroid dienone is 1. The number of hydrogen-bond donors (Lipinski definition) is 3. The van der Waals surface area contributed by atoms with Crippen molar-refractivity contribution >= 4 is 35.5 Å². The summed E-state index contributed by atoms with van der Waals surface area (Å²) in [6.45, 7) is 0. The van der Waals surface area contributed by atoms with Gasteiger partial charge in [0.15, 0.2) is 5.82 Å². The molecule has 0 atom stereocenters. The number of nitrogens with zero attached hydrogens (tertiary/aromatic N) is 1. The first-order chi connectivity index (χ1) is 12.1. The van der Waals surface area contributed by atoms with Crippen molar-refractivity contribution in [2.45, 2.75) is 4.90 Å². The van der Waals surface area contributed by atoms with Crippen molar-refractivity contribution in [3.05, 3.63) is 58.6 Å². The van der Waals surface area contributed by atoms with Crippen LogP contribution in [0, 0.1) is 23.1 Å². The van der Waals surface area contributed by atoms with E-state index in [-0.39, 0.29) is 11.3 Å². The molecule has 1 heterocycles. The van der Waals surface area contributed by atoms with Crippen LogP contribution in [0.1, 0.15) is 5.56 Å². The van der Waals surface area contributed by atoms with E-state index < -0.39 is 5.82 Å². The lowest BCUT2D eigenvalue weighted by atomic mass is 10.2. The summed E-state index contributed by atoms with van der Waals surface area (Å²) >= 11 is 7.04. The zero-order valence-electron chi connectivity index (χ0n) is 13.1. The maximum Gasteiger partial charge on any atom is 0.228 e. The molecule has 0 radical (unpaired) electrons. The number of pyridine rings is 1. The van der Waals surface area contributed by atoms with Crippen LogP contribution in [0.2, 0.25) is 5.02 Å². The molecule has 4 N–H and O–H groups in total. The fraction of sp³-hybridized carbons (Fsp3) is 0.0588. The zero-order chi connectivity index (χ0) is 18.2. The number of benzene rings is 1. The molecule has 0 spiro atoms. The van der Waals surface area contributed by atoms with Gasteiger partial charge in [-0.25, -0.2) is 9.37 Å². The molecule has 1 aromatic carbocycles. The molecule has 25 heavy (non-hydrogen) atoms. The monoisotopic (exact) mass is 376 g/mol. The van der Waals surface area contributed by atoms with Gasteiger partial charge in [0, 0.05) is 18.6 Å². The van der Waals surface area contributed by atoms with Crippen LogP contribution in [0.4, 0.5) is 10.1 Å². The number of halogens is 2. The van der Waals surface area contributed by atoms with Gasteiger partial charge in [-0.2, -0.15) is 0 Å². The molecule has 2 aromatic rings. The highest BCUT2D eigenvalue weighted by molar-refractivity contribution is 8.00. The van der Waals surface area contributed by atoms with E-state index in [1.807, 2.05) is 0 Å². The topological polar surface area (TPSA) is 84.0 Å². The Morgan fingerprint density at radius 1 is 1.52 bits per heavy atom. The van der Waals surface area contributed by atoms with Gasteiger partial charge >= 0.3 is 0 Å². The van der Waals surface area contributed by atoms with E-state index in [4.69, 9.17) is 27.5 Å². The fourth-order valence-electron chi connectivity index (χ4n) is 1.72. The van der Waals surface area contributed by atoms with Crippen molar-refractivity contribution < 1.29 is 9.13 Å². The second-order valence-corrected chi connectivity index (χ2v) is 5.83. The first-order valence-corrected chi connectivity index (χ1v) is 8.13. The minimum atomic E-state index is -0.516. The van der Waals surface area contributed by atoms with Crippen LogP contribution in [0.5, 0.6) is 5.88 Å². The second-order valence-electron chi connectivity index (χ2n) is 4.55. The van der Waals surface area contributed by atoms with Crippen molar-refractivity contribution in [2.75, 3.05) is 11.8 Å². The van der Waals surface area contributed by atoms with Crippen molar-refractivity contribution in [3.63, 3.8) is 0 Å². The molecule has 128 valence electrons. The number of nitrogens with two attached hydrogens (primary N) is 1. The predicted molar refractivity (Wildman–Crippen MR) is 99.6 cm³/mol. The van der Waals surface area contributed by atoms with Gasteiger partial charge in [0.25, 0.3) is 0 Å². The normalized spacial score (nSPS) is 10.6. The molecule has 0 amide bonds. The first-order valence-electron chi connectivity index (χ1n) is 6.94. The van der Waals surface area contributed by atoms with Gasteiger partial charge in [-0.15, -0.1) is 0 Å². The highest BCUT2D eigenvalue weighted by Crippen LogP contribution is 2.31. The number of ether oxygens (including phenoxy) is 1. The van der Waals surface area contributed by atoms with E-state index >= 15 is 0 Å². The van der Waals surface area contributed by atoms with Gasteiger partial charge in [0.05, 0.1) is 33.9 Å². The number of aromatic nitrogens is 1. The molecule has 5 nitrogen and oxygen atoms in total. The average Bonchev–Trinajstić information content (AvgIpc) is 2.63. The van der Waals surface area contributed by atoms with Gasteiger partial charge in [-0.1, -0.05) is 29.5 Å². The van der Waals surface area contributed by atoms with Crippen molar-refractivity contribution in [2.24, 2.45) is 5.73 Å². The van der Waals surface area contributed by atoms with Crippen LogP contribution in [-0.4, -0.2) is 18.3 Å². The summed E-state index contributed by atoms with van der Waals surface area (Å²) in [6.07, 6.45) is 3.66. The summed E-state index contributed by atoms with van der Waals surface area (Å²) in [5.74, 6) is 5.14. The molecule has 8 heteroatoms. The molecular weight excluding hydrogens is 363 g/mol. The zero-order valence-corrected chi connectivity index (χ0v) is 14.7. The molecular formula is C17H14ClFN4OS. The third-order valence-corrected chi connectivity index (χ3v) is 3.97. The number of nitrogens with one attached hydrogen (secondary N) is 2. The fourth-order valence-corrected chi connectivity index (χ4v) is 2.73. The Labute approximate surface area is 154 Å². The van der Waals surface area contributed by atoms with Crippen molar-refractivity contribution in [3.8, 4) is 17.7 Å². The smallest absolute Gasteiger partial charge is 0.228 e. The number of methoxy groups -OCH3 is 1. The Morgan fingerprint density at radius 2 is 2.32 bits per heavy atom. The summed E-state index contributed by atoms with van der Waals surface area (Å²) in [5.41, 5.74) is 6.03. The molecule has 0 fully saturated rings. The predicted octanol–water partition coefficient (Wildman–Crippen LogP) is 3.85. The van der Waals surface area contributed by atoms with Crippen LogP contribution < -0.4 is 15.2 Å². The van der Waals surface area contributed by atoms with Crippen LogP contribution >= 0.6 is 23.5 Å². The summed E-state index contributed by atoms with van der Waals surface area (Å²) in [5, 5.41) is 7.57. The highest BCUT2D eigenvalue weighted by Gasteiger charge is 2.10. The van der Waals surface area contributed by atoms with Crippen LogP contribution in [0.15, 0.2) is 47.1 Å². The molecule has 0 aliphatic rings. The number of hydrogen-bond acceptors (Lipinski definition) is 6. The van der Waals surface area contributed by atoms with E-state index in [2.05, 4.69) is 21.5 Å². The lowest BCUT2D eigenvalue weighted by Gasteiger charge is -2.10. The van der Waals surface area contributed by atoms with Crippen molar-refractivity contribution in [1.82, 2.24) is 4.98 Å². The maximum atomic E-state index is 14.5.